The Kier molecular flexibility index (Phi) is 6.70. The molecule has 31 heavy (non-hydrogen) atoms. The van der Waals surface area contributed by atoms with Gasteiger partial charge in [0.25, 0.3) is 5.69 Å². The average molecular weight is 430 g/mol. The molecule has 4 rings (SSSR count). The van der Waals surface area contributed by atoms with Gasteiger partial charge in [-0.05, 0) is 44.6 Å². The van der Waals surface area contributed by atoms with Crippen LogP contribution in [0.1, 0.15) is 57.8 Å². The zero-order valence-corrected chi connectivity index (χ0v) is 17.7. The summed E-state index contributed by atoms with van der Waals surface area (Å²) in [5.41, 5.74) is 0.388. The van der Waals surface area contributed by atoms with Crippen molar-refractivity contribution in [3.8, 4) is 0 Å². The predicted molar refractivity (Wildman–Crippen MR) is 117 cm³/mol. The normalized spacial score (nSPS) is 26.3. The minimum atomic E-state index is -0.474. The number of hydrogen-bond donors (Lipinski definition) is 3. The predicted octanol–water partition coefficient (Wildman–Crippen LogP) is 3.16. The second-order valence-electron chi connectivity index (χ2n) is 9.03. The first-order valence-corrected chi connectivity index (χ1v) is 11.3. The number of nitrogens with one attached hydrogen (secondary N) is 3. The van der Waals surface area contributed by atoms with Crippen molar-refractivity contribution >= 4 is 23.3 Å². The van der Waals surface area contributed by atoms with Crippen molar-refractivity contribution in [3.63, 3.8) is 0 Å². The van der Waals surface area contributed by atoms with Crippen molar-refractivity contribution in [1.82, 2.24) is 15.5 Å². The fourth-order valence-electron chi connectivity index (χ4n) is 5.37. The summed E-state index contributed by atoms with van der Waals surface area (Å²) in [6, 6.07) is 6.90. The molecule has 9 heteroatoms. The highest BCUT2D eigenvalue weighted by Crippen LogP contribution is 2.35. The van der Waals surface area contributed by atoms with Crippen molar-refractivity contribution in [2.24, 2.45) is 0 Å². The van der Waals surface area contributed by atoms with E-state index >= 15 is 0 Å². The summed E-state index contributed by atoms with van der Waals surface area (Å²) >= 11 is 0. The van der Waals surface area contributed by atoms with E-state index < -0.39 is 4.92 Å². The second-order valence-corrected chi connectivity index (χ2v) is 9.03. The molecule has 2 saturated heterocycles. The van der Waals surface area contributed by atoms with Crippen LogP contribution >= 0.6 is 0 Å². The molecular formula is C22H31N5O4. The van der Waals surface area contributed by atoms with Gasteiger partial charge in [-0.25, -0.2) is 4.79 Å². The van der Waals surface area contributed by atoms with E-state index in [1.807, 2.05) is 0 Å². The molecule has 9 nitrogen and oxygen atoms in total. The van der Waals surface area contributed by atoms with Crippen molar-refractivity contribution < 1.29 is 14.5 Å². The lowest BCUT2D eigenvalue weighted by molar-refractivity contribution is -0.384. The van der Waals surface area contributed by atoms with Gasteiger partial charge in [-0.1, -0.05) is 25.3 Å². The number of nitrogens with zero attached hydrogens (tertiary/aromatic N) is 2. The van der Waals surface area contributed by atoms with E-state index in [4.69, 9.17) is 0 Å². The number of carbonyl (C=O) groups excluding carboxylic acids is 2. The summed E-state index contributed by atoms with van der Waals surface area (Å²) in [4.78, 5) is 37.6. The zero-order valence-electron chi connectivity index (χ0n) is 17.7. The van der Waals surface area contributed by atoms with E-state index in [1.54, 1.807) is 12.1 Å². The maximum Gasteiger partial charge on any atom is 0.315 e. The average Bonchev–Trinajstić information content (AvgIpc) is 2.96. The molecule has 3 amide bonds. The van der Waals surface area contributed by atoms with Crippen LogP contribution in [0.3, 0.4) is 0 Å². The molecule has 0 radical (unpaired) electrons. The largest absolute Gasteiger partial charge is 0.335 e. The van der Waals surface area contributed by atoms with E-state index in [2.05, 4.69) is 20.9 Å². The Balaban J connectivity index is 1.26. The monoisotopic (exact) mass is 429 g/mol. The fraction of sp³-hybridized carbons (Fsp3) is 0.636. The highest BCUT2D eigenvalue weighted by atomic mass is 16.6. The van der Waals surface area contributed by atoms with Gasteiger partial charge < -0.3 is 16.0 Å². The van der Waals surface area contributed by atoms with Crippen LogP contribution in [-0.4, -0.2) is 52.5 Å². The van der Waals surface area contributed by atoms with Gasteiger partial charge in [0.1, 0.15) is 0 Å². The topological polar surface area (TPSA) is 117 Å². The standard InChI is InChI=1S/C22H31N5O4/c28-21(23-16-7-4-8-20(11-16)27(30)31)14-26-18-9-10-19(26)13-17(12-18)25-22(29)24-15-5-2-1-3-6-15/h4,7-8,11,15,17-19H,1-3,5-6,9-10,12-14H2,(H,23,28)(H2,24,25,29)/t18-,19-/m0/s1. The number of amides is 3. The van der Waals surface area contributed by atoms with Crippen LogP contribution in [-0.2, 0) is 4.79 Å². The van der Waals surface area contributed by atoms with E-state index in [-0.39, 0.29) is 42.3 Å². The van der Waals surface area contributed by atoms with Crippen LogP contribution in [0, 0.1) is 10.1 Å². The molecule has 168 valence electrons. The number of rotatable bonds is 6. The molecule has 3 fully saturated rings. The number of non-ortho nitro benzene ring substituents is 1. The molecule has 1 aromatic carbocycles. The summed E-state index contributed by atoms with van der Waals surface area (Å²) in [5.74, 6) is -0.168. The third kappa shape index (κ3) is 5.52. The molecule has 0 spiro atoms. The van der Waals surface area contributed by atoms with E-state index in [9.17, 15) is 19.7 Å². The third-order valence-electron chi connectivity index (χ3n) is 6.83. The molecule has 3 aliphatic rings. The van der Waals surface area contributed by atoms with Crippen LogP contribution in [0.4, 0.5) is 16.2 Å². The number of piperidine rings is 1. The summed E-state index contributed by atoms with van der Waals surface area (Å²) in [6.07, 6.45) is 9.51. The first-order chi connectivity index (χ1) is 15.0. The van der Waals surface area contributed by atoms with Crippen LogP contribution in [0.2, 0.25) is 0 Å². The van der Waals surface area contributed by atoms with Gasteiger partial charge in [-0.2, -0.15) is 0 Å². The maximum atomic E-state index is 12.6. The minimum absolute atomic E-state index is 0.0451. The van der Waals surface area contributed by atoms with Crippen molar-refractivity contribution in [2.75, 3.05) is 11.9 Å². The maximum absolute atomic E-state index is 12.6. The van der Waals surface area contributed by atoms with E-state index in [0.717, 1.165) is 38.5 Å². The van der Waals surface area contributed by atoms with Crippen molar-refractivity contribution in [2.45, 2.75) is 82.0 Å². The highest BCUT2D eigenvalue weighted by Gasteiger charge is 2.41. The number of fused-ring (bicyclic) bond motifs is 2. The molecule has 1 aromatic rings. The Morgan fingerprint density at radius 1 is 1.00 bits per heavy atom. The lowest BCUT2D eigenvalue weighted by Gasteiger charge is -2.39. The summed E-state index contributed by atoms with van der Waals surface area (Å²) in [6.45, 7) is 0.263. The first kappa shape index (κ1) is 21.5. The van der Waals surface area contributed by atoms with Gasteiger partial charge in [-0.15, -0.1) is 0 Å². The van der Waals surface area contributed by atoms with Crippen LogP contribution in [0.25, 0.3) is 0 Å². The quantitative estimate of drug-likeness (QED) is 0.474. The minimum Gasteiger partial charge on any atom is -0.335 e. The van der Waals surface area contributed by atoms with Gasteiger partial charge in [0.15, 0.2) is 0 Å². The molecule has 2 bridgehead atoms. The SMILES string of the molecule is O=C(CN1[C@H]2CC[C@H]1CC(NC(=O)NC1CCCCC1)C2)Nc1cccc([N+](=O)[O-])c1. The molecule has 2 aliphatic heterocycles. The number of hydrogen-bond acceptors (Lipinski definition) is 5. The van der Waals surface area contributed by atoms with Gasteiger partial charge in [-0.3, -0.25) is 19.8 Å². The van der Waals surface area contributed by atoms with Crippen LogP contribution in [0.5, 0.6) is 0 Å². The van der Waals surface area contributed by atoms with E-state index in [1.165, 1.54) is 31.4 Å². The molecule has 2 heterocycles. The van der Waals surface area contributed by atoms with E-state index in [0.29, 0.717) is 11.7 Å². The first-order valence-electron chi connectivity index (χ1n) is 11.3. The Bertz CT molecular complexity index is 812. The van der Waals surface area contributed by atoms with Crippen molar-refractivity contribution in [3.05, 3.63) is 34.4 Å². The summed E-state index contributed by atoms with van der Waals surface area (Å²) in [5, 5.41) is 20.0. The van der Waals surface area contributed by atoms with Gasteiger partial charge >= 0.3 is 6.03 Å². The number of carbonyl (C=O) groups is 2. The molecule has 3 N–H and O–H groups in total. The highest BCUT2D eigenvalue weighted by molar-refractivity contribution is 5.92. The number of benzene rings is 1. The van der Waals surface area contributed by atoms with Gasteiger partial charge in [0.05, 0.1) is 11.5 Å². The third-order valence-corrected chi connectivity index (χ3v) is 6.83. The number of urea groups is 1. The molecular weight excluding hydrogens is 398 g/mol. The van der Waals surface area contributed by atoms with Crippen molar-refractivity contribution in [1.29, 1.82) is 0 Å². The molecule has 0 unspecified atom stereocenters. The summed E-state index contributed by atoms with van der Waals surface area (Å²) in [7, 11) is 0. The molecule has 1 saturated carbocycles. The lowest BCUT2D eigenvalue weighted by atomic mass is 9.95. The molecule has 2 atom stereocenters. The Morgan fingerprint density at radius 3 is 2.35 bits per heavy atom. The number of nitro groups is 1. The van der Waals surface area contributed by atoms with Crippen LogP contribution in [0.15, 0.2) is 24.3 Å². The summed E-state index contributed by atoms with van der Waals surface area (Å²) < 4.78 is 0. The fourth-order valence-corrected chi connectivity index (χ4v) is 5.37. The number of anilines is 1. The second kappa shape index (κ2) is 9.64. The molecule has 1 aliphatic carbocycles. The molecule has 0 aromatic heterocycles. The zero-order chi connectivity index (χ0) is 21.8. The van der Waals surface area contributed by atoms with Crippen LogP contribution < -0.4 is 16.0 Å². The van der Waals surface area contributed by atoms with Gasteiger partial charge in [0, 0.05) is 42.0 Å². The number of nitro benzene ring substituents is 1. The smallest absolute Gasteiger partial charge is 0.315 e. The Hall–Kier alpha value is -2.68. The van der Waals surface area contributed by atoms with Gasteiger partial charge in [0.2, 0.25) is 5.91 Å². The Labute approximate surface area is 182 Å². The lowest BCUT2D eigenvalue weighted by Crippen LogP contribution is -2.54. The Morgan fingerprint density at radius 2 is 1.68 bits per heavy atom.